The van der Waals surface area contributed by atoms with Crippen LogP contribution < -0.4 is 5.73 Å². The molecule has 7 atom stereocenters. The highest BCUT2D eigenvalue weighted by Crippen LogP contribution is 2.71. The molecule has 2 aromatic rings. The minimum atomic E-state index is -0.923. The van der Waals surface area contributed by atoms with Crippen molar-refractivity contribution < 1.29 is 19.4 Å². The van der Waals surface area contributed by atoms with Crippen LogP contribution in [0.3, 0.4) is 0 Å². The molecular formula is C30H37N3O4. The molecule has 1 saturated heterocycles. The highest BCUT2D eigenvalue weighted by atomic mass is 16.5. The number of aliphatic hydroxyl groups is 2. The second-order valence-corrected chi connectivity index (χ2v) is 12.9. The summed E-state index contributed by atoms with van der Waals surface area (Å²) in [5, 5.41) is 22.2. The molecule has 1 aromatic carbocycles. The number of aromatic nitrogens is 1. The molecule has 4 N–H and O–H groups in total. The van der Waals surface area contributed by atoms with E-state index in [1.807, 2.05) is 25.1 Å². The highest BCUT2D eigenvalue weighted by molar-refractivity contribution is 5.83. The van der Waals surface area contributed by atoms with Gasteiger partial charge in [0.05, 0.1) is 17.3 Å². The van der Waals surface area contributed by atoms with Crippen molar-refractivity contribution in [3.8, 4) is 0 Å². The van der Waals surface area contributed by atoms with E-state index in [0.29, 0.717) is 12.0 Å². The number of aliphatic hydroxyl groups excluding tert-OH is 2. The molecule has 1 saturated carbocycles. The normalized spacial score (nSPS) is 41.7. The van der Waals surface area contributed by atoms with Gasteiger partial charge < -0.3 is 30.0 Å². The zero-order valence-corrected chi connectivity index (χ0v) is 22.3. The highest BCUT2D eigenvalue weighted by Gasteiger charge is 2.70. The molecule has 2 bridgehead atoms. The van der Waals surface area contributed by atoms with Gasteiger partial charge in [0.15, 0.2) is 5.58 Å². The Bertz CT molecular complexity index is 1420. The van der Waals surface area contributed by atoms with Gasteiger partial charge >= 0.3 is 0 Å². The maximum Gasteiger partial charge on any atom is 0.292 e. The summed E-state index contributed by atoms with van der Waals surface area (Å²) in [6.07, 6.45) is 8.60. The molecule has 7 nitrogen and oxygen atoms in total. The summed E-state index contributed by atoms with van der Waals surface area (Å²) in [5.41, 5.74) is 10.5. The van der Waals surface area contributed by atoms with Crippen LogP contribution in [0, 0.1) is 16.7 Å². The molecule has 3 aliphatic carbocycles. The van der Waals surface area contributed by atoms with E-state index < -0.39 is 23.4 Å². The summed E-state index contributed by atoms with van der Waals surface area (Å²) < 4.78 is 13.0. The average molecular weight is 504 g/mol. The number of hydrogen-bond donors (Lipinski definition) is 3. The molecule has 2 fully saturated rings. The Labute approximate surface area is 217 Å². The van der Waals surface area contributed by atoms with Gasteiger partial charge in [0.2, 0.25) is 0 Å². The third-order valence-corrected chi connectivity index (χ3v) is 10.8. The van der Waals surface area contributed by atoms with Gasteiger partial charge in [-0.2, -0.15) is 4.98 Å². The van der Waals surface area contributed by atoms with Crippen molar-refractivity contribution in [1.82, 2.24) is 9.88 Å². The fourth-order valence-corrected chi connectivity index (χ4v) is 8.62. The summed E-state index contributed by atoms with van der Waals surface area (Å²) in [5.74, 6) is 0.250. The van der Waals surface area contributed by atoms with Crippen LogP contribution >= 0.6 is 0 Å². The van der Waals surface area contributed by atoms with Gasteiger partial charge in [0.25, 0.3) is 6.01 Å². The van der Waals surface area contributed by atoms with Gasteiger partial charge in [0.1, 0.15) is 11.6 Å². The molecule has 196 valence electrons. The fraction of sp³-hybridized carbons (Fsp3) is 0.567. The van der Waals surface area contributed by atoms with E-state index in [1.165, 1.54) is 11.1 Å². The minimum Gasteiger partial charge on any atom is -0.424 e. The lowest BCUT2D eigenvalue weighted by Crippen LogP contribution is -2.63. The lowest BCUT2D eigenvalue weighted by Gasteiger charge is -2.60. The van der Waals surface area contributed by atoms with E-state index >= 15 is 0 Å². The smallest absolute Gasteiger partial charge is 0.292 e. The van der Waals surface area contributed by atoms with Crippen LogP contribution in [-0.2, 0) is 4.74 Å². The van der Waals surface area contributed by atoms with E-state index in [-0.39, 0.29) is 28.8 Å². The Morgan fingerprint density at radius 3 is 2.68 bits per heavy atom. The molecule has 0 amide bonds. The monoisotopic (exact) mass is 503 g/mol. The lowest BCUT2D eigenvalue weighted by atomic mass is 9.49. The zero-order chi connectivity index (χ0) is 26.1. The quantitative estimate of drug-likeness (QED) is 0.567. The molecule has 0 radical (unpaired) electrons. The van der Waals surface area contributed by atoms with E-state index in [1.54, 1.807) is 0 Å². The van der Waals surface area contributed by atoms with Gasteiger partial charge in [-0.1, -0.05) is 45.1 Å². The molecule has 1 unspecified atom stereocenters. The van der Waals surface area contributed by atoms with E-state index in [0.717, 1.165) is 35.9 Å². The molecular weight excluding hydrogens is 466 g/mol. The fourth-order valence-electron chi connectivity index (χ4n) is 8.62. The largest absolute Gasteiger partial charge is 0.424 e. The molecule has 7 heteroatoms. The van der Waals surface area contributed by atoms with Crippen molar-refractivity contribution in [2.75, 3.05) is 19.8 Å². The summed E-state index contributed by atoms with van der Waals surface area (Å²) in [4.78, 5) is 6.30. The predicted molar refractivity (Wildman–Crippen MR) is 142 cm³/mol. The first-order chi connectivity index (χ1) is 17.4. The number of nitrogens with zero attached hydrogens (tertiary/aromatic N) is 2. The van der Waals surface area contributed by atoms with Crippen LogP contribution in [0.15, 0.2) is 52.0 Å². The third-order valence-electron chi connectivity index (χ3n) is 10.8. The van der Waals surface area contributed by atoms with Gasteiger partial charge in [-0.05, 0) is 79.6 Å². The van der Waals surface area contributed by atoms with E-state index in [9.17, 15) is 10.2 Å². The zero-order valence-electron chi connectivity index (χ0n) is 22.3. The first-order valence-corrected chi connectivity index (χ1v) is 13.5. The van der Waals surface area contributed by atoms with E-state index in [2.05, 4.69) is 56.1 Å². The van der Waals surface area contributed by atoms with Crippen molar-refractivity contribution in [2.45, 2.75) is 75.9 Å². The number of anilines is 1. The van der Waals surface area contributed by atoms with Crippen molar-refractivity contribution in [3.63, 3.8) is 0 Å². The summed E-state index contributed by atoms with van der Waals surface area (Å²) in [6.45, 7) is 7.02. The van der Waals surface area contributed by atoms with Crippen LogP contribution in [0.5, 0.6) is 0 Å². The number of nitrogens with two attached hydrogens (primary N) is 1. The number of hydrogen-bond acceptors (Lipinski definition) is 7. The number of ether oxygens (including phenoxy) is 1. The maximum atomic E-state index is 11.3. The molecule has 1 aromatic heterocycles. The number of rotatable bonds is 2. The number of nitrogen functional groups attached to an aromatic ring is 1. The van der Waals surface area contributed by atoms with Gasteiger partial charge in [0, 0.05) is 17.4 Å². The topological polar surface area (TPSA) is 105 Å². The summed E-state index contributed by atoms with van der Waals surface area (Å²) in [7, 11) is 3.94. The Hall–Kier alpha value is -2.45. The number of fused-ring (bicyclic) bond motifs is 2. The predicted octanol–water partition coefficient (Wildman–Crippen LogP) is 4.07. The van der Waals surface area contributed by atoms with Crippen LogP contribution in [-0.4, -0.2) is 63.6 Å². The van der Waals surface area contributed by atoms with Crippen LogP contribution in [0.4, 0.5) is 6.01 Å². The SMILES string of the molecule is CN(C)[C@H]1C[C@@]23CC[C@@]4(O2)C(=CC(C)(C)[C@]2(C)C(c5ccc6nc(N)oc6c5)=CCC42)C=C3[C@@H](O)[C@@H]1O. The van der Waals surface area contributed by atoms with Gasteiger partial charge in [-0.3, -0.25) is 0 Å². The number of oxazole rings is 1. The maximum absolute atomic E-state index is 11.3. The number of allylic oxidation sites excluding steroid dienone is 3. The number of benzene rings is 1. The van der Waals surface area contributed by atoms with Crippen molar-refractivity contribution in [2.24, 2.45) is 16.7 Å². The van der Waals surface area contributed by atoms with Crippen LogP contribution in [0.2, 0.25) is 0 Å². The van der Waals surface area contributed by atoms with E-state index in [4.69, 9.17) is 14.9 Å². The standard InChI is InChI=1S/C30H37N3O4/c1-27(2)14-17-13-19-24(34)25(35)21(33(4)5)15-29(19)10-11-30(17,37-29)23-9-7-18(28(23,27)3)16-6-8-20-22(12-16)36-26(31)32-20/h6-8,12-14,21,23-25,34-35H,9-11,15H2,1-5H3,(H2,31,32)/t21-,23?,24+,25+,28+,29+,30+/m0/s1. The average Bonchev–Trinajstić information content (AvgIpc) is 3.49. The van der Waals surface area contributed by atoms with Gasteiger partial charge in [-0.15, -0.1) is 0 Å². The molecule has 37 heavy (non-hydrogen) atoms. The van der Waals surface area contributed by atoms with Crippen molar-refractivity contribution in [3.05, 3.63) is 53.1 Å². The second kappa shape index (κ2) is 7.14. The first-order valence-electron chi connectivity index (χ1n) is 13.5. The Morgan fingerprint density at radius 1 is 1.14 bits per heavy atom. The number of likely N-dealkylation sites (N-methyl/N-ethyl adjacent to an activating group) is 1. The van der Waals surface area contributed by atoms with Crippen LogP contribution in [0.1, 0.15) is 52.0 Å². The molecule has 7 rings (SSSR count). The molecule has 3 heterocycles. The molecule has 5 aliphatic rings. The minimum absolute atomic E-state index is 0.155. The van der Waals surface area contributed by atoms with Gasteiger partial charge in [-0.25, -0.2) is 0 Å². The van der Waals surface area contributed by atoms with Crippen molar-refractivity contribution in [1.29, 1.82) is 0 Å². The first kappa shape index (κ1) is 23.7. The summed E-state index contributed by atoms with van der Waals surface area (Å²) in [6, 6.07) is 6.22. The van der Waals surface area contributed by atoms with Crippen molar-refractivity contribution >= 4 is 22.7 Å². The Balaban J connectivity index is 1.36. The third kappa shape index (κ3) is 2.78. The summed E-state index contributed by atoms with van der Waals surface area (Å²) >= 11 is 0. The molecule has 2 aliphatic heterocycles. The lowest BCUT2D eigenvalue weighted by molar-refractivity contribution is -0.170. The van der Waals surface area contributed by atoms with Crippen LogP contribution in [0.25, 0.3) is 16.7 Å². The Kier molecular flexibility index (Phi) is 4.57. The molecule has 2 spiro atoms. The Morgan fingerprint density at radius 2 is 1.92 bits per heavy atom. The second-order valence-electron chi connectivity index (χ2n) is 12.9.